The molecule has 17 heavy (non-hydrogen) atoms. The monoisotopic (exact) mass is 318 g/mol. The molecule has 3 heteroatoms. The van der Waals surface area contributed by atoms with Crippen molar-refractivity contribution in [3.05, 3.63) is 34.9 Å². The van der Waals surface area contributed by atoms with Crippen LogP contribution in [0.15, 0.2) is 24.3 Å². The molecule has 0 saturated carbocycles. The second-order valence-electron chi connectivity index (χ2n) is 4.77. The molecule has 0 aliphatic carbocycles. The van der Waals surface area contributed by atoms with Gasteiger partial charge < -0.3 is 4.74 Å². The molecule has 0 amide bonds. The fourth-order valence-corrected chi connectivity index (χ4v) is 2.64. The van der Waals surface area contributed by atoms with Gasteiger partial charge in [-0.3, -0.25) is 0 Å². The molecule has 0 aliphatic rings. The van der Waals surface area contributed by atoms with Gasteiger partial charge in [0.1, 0.15) is 0 Å². The first-order valence-corrected chi connectivity index (χ1v) is 7.49. The van der Waals surface area contributed by atoms with Crippen LogP contribution in [0.3, 0.4) is 0 Å². The van der Waals surface area contributed by atoms with Crippen LogP contribution in [0, 0.1) is 5.92 Å². The van der Waals surface area contributed by atoms with Gasteiger partial charge in [-0.1, -0.05) is 53.5 Å². The predicted octanol–water partition coefficient (Wildman–Crippen LogP) is 5.23. The maximum absolute atomic E-state index is 6.05. The van der Waals surface area contributed by atoms with Crippen LogP contribution in [0.1, 0.15) is 38.9 Å². The van der Waals surface area contributed by atoms with Gasteiger partial charge in [0.15, 0.2) is 0 Å². The van der Waals surface area contributed by atoms with Crippen LogP contribution in [0.2, 0.25) is 5.02 Å². The van der Waals surface area contributed by atoms with Crippen molar-refractivity contribution in [2.75, 3.05) is 5.33 Å². The molecule has 0 heterocycles. The molecule has 1 aromatic carbocycles. The molecule has 0 N–H and O–H groups in total. The Morgan fingerprint density at radius 2 is 2.00 bits per heavy atom. The lowest BCUT2D eigenvalue weighted by Crippen LogP contribution is -2.16. The van der Waals surface area contributed by atoms with E-state index in [2.05, 4.69) is 42.8 Å². The van der Waals surface area contributed by atoms with E-state index in [-0.39, 0.29) is 12.2 Å². The molecule has 0 fully saturated rings. The Morgan fingerprint density at radius 3 is 2.53 bits per heavy atom. The molecule has 96 valence electrons. The van der Waals surface area contributed by atoms with Crippen molar-refractivity contribution in [1.82, 2.24) is 0 Å². The van der Waals surface area contributed by atoms with Crippen molar-refractivity contribution < 1.29 is 4.74 Å². The summed E-state index contributed by atoms with van der Waals surface area (Å²) in [5.41, 5.74) is 1.13. The van der Waals surface area contributed by atoms with Gasteiger partial charge >= 0.3 is 0 Å². The molecule has 0 radical (unpaired) electrons. The third-order valence-corrected chi connectivity index (χ3v) is 3.38. The molecule has 0 saturated heterocycles. The first-order chi connectivity index (χ1) is 8.02. The van der Waals surface area contributed by atoms with Crippen molar-refractivity contribution in [2.45, 2.75) is 39.4 Å². The first-order valence-electron chi connectivity index (χ1n) is 5.99. The third kappa shape index (κ3) is 5.41. The molecule has 1 nitrogen and oxygen atoms in total. The first kappa shape index (κ1) is 15.0. The largest absolute Gasteiger partial charge is 0.370 e. The number of hydrogen-bond acceptors (Lipinski definition) is 1. The van der Waals surface area contributed by atoms with Crippen molar-refractivity contribution >= 4 is 27.5 Å². The Bertz CT molecular complexity index is 341. The summed E-state index contributed by atoms with van der Waals surface area (Å²) in [6, 6.07) is 7.87. The Labute approximate surface area is 118 Å². The van der Waals surface area contributed by atoms with E-state index < -0.39 is 0 Å². The van der Waals surface area contributed by atoms with Gasteiger partial charge in [-0.15, -0.1) is 0 Å². The second-order valence-corrected chi connectivity index (χ2v) is 5.86. The lowest BCUT2D eigenvalue weighted by molar-refractivity contribution is -0.00000528. The zero-order chi connectivity index (χ0) is 12.8. The third-order valence-electron chi connectivity index (χ3n) is 2.56. The van der Waals surface area contributed by atoms with E-state index in [0.29, 0.717) is 5.92 Å². The number of hydrogen-bond donors (Lipinski definition) is 0. The highest BCUT2D eigenvalue weighted by Crippen LogP contribution is 2.25. The number of halogens is 2. The molecule has 1 rings (SSSR count). The summed E-state index contributed by atoms with van der Waals surface area (Å²) in [6.45, 7) is 6.55. The van der Waals surface area contributed by atoms with Crippen molar-refractivity contribution in [3.8, 4) is 0 Å². The molecule has 0 spiro atoms. The smallest absolute Gasteiger partial charge is 0.0925 e. The highest BCUT2D eigenvalue weighted by Gasteiger charge is 2.15. The Kier molecular flexibility index (Phi) is 6.53. The second kappa shape index (κ2) is 7.40. The van der Waals surface area contributed by atoms with Gasteiger partial charge in [0.05, 0.1) is 12.2 Å². The minimum absolute atomic E-state index is 0.0717. The summed E-state index contributed by atoms with van der Waals surface area (Å²) in [5, 5.41) is 1.55. The van der Waals surface area contributed by atoms with Crippen molar-refractivity contribution in [1.29, 1.82) is 0 Å². The van der Waals surface area contributed by atoms with E-state index in [1.165, 1.54) is 0 Å². The molecule has 2 atom stereocenters. The summed E-state index contributed by atoms with van der Waals surface area (Å²) in [7, 11) is 0. The minimum Gasteiger partial charge on any atom is -0.370 e. The van der Waals surface area contributed by atoms with Crippen LogP contribution < -0.4 is 0 Å². The van der Waals surface area contributed by atoms with Gasteiger partial charge in [-0.25, -0.2) is 0 Å². The Balaban J connectivity index is 2.65. The van der Waals surface area contributed by atoms with Crippen LogP contribution in [0.25, 0.3) is 0 Å². The molecule has 2 unspecified atom stereocenters. The van der Waals surface area contributed by atoms with Crippen LogP contribution in [-0.4, -0.2) is 11.4 Å². The van der Waals surface area contributed by atoms with E-state index >= 15 is 0 Å². The summed E-state index contributed by atoms with van der Waals surface area (Å²) < 4.78 is 6.05. The number of ether oxygens (including phenoxy) is 1. The number of alkyl halides is 1. The molecular formula is C14H20BrClO. The van der Waals surface area contributed by atoms with Crippen LogP contribution >= 0.6 is 27.5 Å². The number of rotatable bonds is 6. The SMILES string of the molecule is CC(C)CC(C)OC(CBr)c1cccc(Cl)c1. The van der Waals surface area contributed by atoms with Crippen molar-refractivity contribution in [2.24, 2.45) is 5.92 Å². The van der Waals surface area contributed by atoms with Crippen LogP contribution in [0.5, 0.6) is 0 Å². The molecular weight excluding hydrogens is 300 g/mol. The highest BCUT2D eigenvalue weighted by molar-refractivity contribution is 9.09. The van der Waals surface area contributed by atoms with Gasteiger partial charge in [-0.2, -0.15) is 0 Å². The van der Waals surface area contributed by atoms with E-state index in [0.717, 1.165) is 22.3 Å². The lowest BCUT2D eigenvalue weighted by Gasteiger charge is -2.22. The maximum atomic E-state index is 6.05. The normalized spacial score (nSPS) is 14.9. The minimum atomic E-state index is 0.0717. The standard InChI is InChI=1S/C14H20BrClO/c1-10(2)7-11(3)17-14(9-15)12-5-4-6-13(16)8-12/h4-6,8,10-11,14H,7,9H2,1-3H3. The topological polar surface area (TPSA) is 9.23 Å². The van der Waals surface area contributed by atoms with Crippen molar-refractivity contribution in [3.63, 3.8) is 0 Å². The van der Waals surface area contributed by atoms with Gasteiger partial charge in [0.25, 0.3) is 0 Å². The fraction of sp³-hybridized carbons (Fsp3) is 0.571. The quantitative estimate of drug-likeness (QED) is 0.653. The van der Waals surface area contributed by atoms with E-state index in [4.69, 9.17) is 16.3 Å². The zero-order valence-electron chi connectivity index (χ0n) is 10.6. The number of benzene rings is 1. The average Bonchev–Trinajstić information content (AvgIpc) is 2.24. The van der Waals surface area contributed by atoms with E-state index in [9.17, 15) is 0 Å². The van der Waals surface area contributed by atoms with Crippen LogP contribution in [-0.2, 0) is 4.74 Å². The average molecular weight is 320 g/mol. The zero-order valence-corrected chi connectivity index (χ0v) is 13.0. The highest BCUT2D eigenvalue weighted by atomic mass is 79.9. The fourth-order valence-electron chi connectivity index (χ4n) is 1.91. The Hall–Kier alpha value is -0.0500. The Morgan fingerprint density at radius 1 is 1.29 bits per heavy atom. The lowest BCUT2D eigenvalue weighted by atomic mass is 10.1. The predicted molar refractivity (Wildman–Crippen MR) is 78.0 cm³/mol. The summed E-state index contributed by atoms with van der Waals surface area (Å²) in [5.74, 6) is 0.653. The molecule has 0 bridgehead atoms. The van der Waals surface area contributed by atoms with Gasteiger partial charge in [0.2, 0.25) is 0 Å². The molecule has 1 aromatic rings. The molecule has 0 aromatic heterocycles. The van der Waals surface area contributed by atoms with E-state index in [1.54, 1.807) is 0 Å². The van der Waals surface area contributed by atoms with Gasteiger partial charge in [-0.05, 0) is 37.0 Å². The molecule has 0 aliphatic heterocycles. The van der Waals surface area contributed by atoms with Gasteiger partial charge in [0, 0.05) is 10.4 Å². The van der Waals surface area contributed by atoms with E-state index in [1.807, 2.05) is 18.2 Å². The summed E-state index contributed by atoms with van der Waals surface area (Å²) in [4.78, 5) is 0. The summed E-state index contributed by atoms with van der Waals surface area (Å²) in [6.07, 6.45) is 1.41. The maximum Gasteiger partial charge on any atom is 0.0925 e. The van der Waals surface area contributed by atoms with Crippen LogP contribution in [0.4, 0.5) is 0 Å². The summed E-state index contributed by atoms with van der Waals surface area (Å²) >= 11 is 9.50.